The van der Waals surface area contributed by atoms with Crippen LogP contribution < -0.4 is 4.74 Å². The van der Waals surface area contributed by atoms with Crippen LogP contribution in [0.5, 0.6) is 5.75 Å². The zero-order valence-corrected chi connectivity index (χ0v) is 11.4. The summed E-state index contributed by atoms with van der Waals surface area (Å²) in [4.78, 5) is 0. The summed E-state index contributed by atoms with van der Waals surface area (Å²) in [7, 11) is -0.712. The molecular weight excluding hydrogens is 281 g/mol. The van der Waals surface area contributed by atoms with Crippen LogP contribution >= 0.6 is 11.1 Å². The summed E-state index contributed by atoms with van der Waals surface area (Å²) in [6.07, 6.45) is 1.90. The maximum atomic E-state index is 13.6. The number of hydrogen-bond acceptors (Lipinski definition) is 1. The first-order valence-corrected chi connectivity index (χ1v) is 8.73. The van der Waals surface area contributed by atoms with Crippen molar-refractivity contribution in [2.24, 2.45) is 0 Å². The van der Waals surface area contributed by atoms with Gasteiger partial charge in [-0.1, -0.05) is 6.07 Å². The van der Waals surface area contributed by atoms with Crippen molar-refractivity contribution in [3.05, 3.63) is 29.6 Å². The van der Waals surface area contributed by atoms with Crippen molar-refractivity contribution in [2.75, 3.05) is 0 Å². The number of benzene rings is 1. The van der Waals surface area contributed by atoms with Gasteiger partial charge in [-0.15, -0.1) is 0 Å². The molecule has 6 heteroatoms. The van der Waals surface area contributed by atoms with Gasteiger partial charge in [0.2, 0.25) is 0 Å². The molecule has 0 unspecified atom stereocenters. The number of halogens is 4. The molecule has 1 nitrogen and oxygen atoms in total. The Labute approximate surface area is 110 Å². The fraction of sp³-hybridized carbons (Fsp3) is 0.500. The van der Waals surface area contributed by atoms with Crippen molar-refractivity contribution in [1.29, 1.82) is 0 Å². The Balaban J connectivity index is 2.08. The van der Waals surface area contributed by atoms with E-state index >= 15 is 0 Å². The molecule has 1 aromatic rings. The molecule has 1 saturated heterocycles. The molecule has 1 aliphatic heterocycles. The first-order chi connectivity index (χ1) is 8.56. The van der Waals surface area contributed by atoms with Crippen molar-refractivity contribution in [3.63, 3.8) is 0 Å². The predicted octanol–water partition coefficient (Wildman–Crippen LogP) is 4.53. The second-order valence-corrected chi connectivity index (χ2v) is 8.00. The summed E-state index contributed by atoms with van der Waals surface area (Å²) < 4.78 is 41.6. The molecule has 1 radical (unpaired) electrons. The lowest BCUT2D eigenvalue weighted by atomic mass is 9.93. The Kier molecular flexibility index (Phi) is 4.56. The summed E-state index contributed by atoms with van der Waals surface area (Å²) in [5.41, 5.74) is 0.847. The van der Waals surface area contributed by atoms with Gasteiger partial charge in [0.1, 0.15) is 0 Å². The van der Waals surface area contributed by atoms with Gasteiger partial charge in [-0.05, 0) is 48.5 Å². The normalized spacial score (nSPS) is 18.3. The Bertz CT molecular complexity index is 408. The van der Waals surface area contributed by atoms with Gasteiger partial charge in [-0.25, -0.2) is 4.39 Å². The molecule has 99 valence electrons. The maximum absolute atomic E-state index is 13.6. The van der Waals surface area contributed by atoms with Crippen molar-refractivity contribution in [3.8, 4) is 5.75 Å². The molecule has 18 heavy (non-hydrogen) atoms. The zero-order valence-electron chi connectivity index (χ0n) is 9.64. The number of hydrogen-bond donors (Lipinski definition) is 0. The first-order valence-electron chi connectivity index (χ1n) is 5.80. The van der Waals surface area contributed by atoms with Gasteiger partial charge in [0.05, 0.1) is 0 Å². The van der Waals surface area contributed by atoms with E-state index in [2.05, 4.69) is 4.74 Å². The van der Waals surface area contributed by atoms with E-state index in [1.54, 1.807) is 6.07 Å². The zero-order chi connectivity index (χ0) is 13.1. The van der Waals surface area contributed by atoms with E-state index < -0.39 is 26.3 Å². The topological polar surface area (TPSA) is 9.23 Å². The molecule has 1 heterocycles. The Hall–Kier alpha value is -0.683. The van der Waals surface area contributed by atoms with Gasteiger partial charge >= 0.3 is 6.61 Å². The lowest BCUT2D eigenvalue weighted by Gasteiger charge is -2.24. The minimum absolute atomic E-state index is 0.285. The van der Waals surface area contributed by atoms with Gasteiger partial charge < -0.3 is 4.74 Å². The third-order valence-electron chi connectivity index (χ3n) is 3.17. The third-order valence-corrected chi connectivity index (χ3v) is 5.97. The van der Waals surface area contributed by atoms with E-state index in [1.165, 1.54) is 12.1 Å². The van der Waals surface area contributed by atoms with Gasteiger partial charge in [0, 0.05) is 0 Å². The molecule has 0 amide bonds. The van der Waals surface area contributed by atoms with Crippen LogP contribution in [0.4, 0.5) is 13.2 Å². The molecule has 0 saturated carbocycles. The van der Waals surface area contributed by atoms with Gasteiger partial charge in [-0.2, -0.15) is 19.9 Å². The van der Waals surface area contributed by atoms with Crippen LogP contribution in [0.15, 0.2) is 18.2 Å². The van der Waals surface area contributed by atoms with E-state index in [4.69, 9.17) is 11.1 Å². The molecule has 2 rings (SSSR count). The number of ether oxygens (including phenoxy) is 1. The van der Waals surface area contributed by atoms with Crippen LogP contribution in [0.1, 0.15) is 24.3 Å². The summed E-state index contributed by atoms with van der Waals surface area (Å²) in [5, 5.41) is 0. The highest BCUT2D eigenvalue weighted by molar-refractivity contribution is 7.07. The van der Waals surface area contributed by atoms with Gasteiger partial charge in [0.15, 0.2) is 19.7 Å². The molecule has 0 atom stereocenters. The van der Waals surface area contributed by atoms with Gasteiger partial charge in [-0.3, -0.25) is 0 Å². The highest BCUT2D eigenvalue weighted by atomic mass is 35.6. The molecule has 0 spiro atoms. The largest absolute Gasteiger partial charge is 0.432 e. The first kappa shape index (κ1) is 13.7. The fourth-order valence-corrected chi connectivity index (χ4v) is 4.45. The summed E-state index contributed by atoms with van der Waals surface area (Å²) in [6, 6.07) is 6.26. The van der Waals surface area contributed by atoms with Crippen LogP contribution in [0, 0.1) is 5.82 Å². The summed E-state index contributed by atoms with van der Waals surface area (Å²) in [6.45, 7) is -3.00. The van der Waals surface area contributed by atoms with Crippen LogP contribution in [-0.2, 0) is 0 Å². The third kappa shape index (κ3) is 3.42. The minimum Gasteiger partial charge on any atom is -0.432 e. The van der Waals surface area contributed by atoms with E-state index in [1.807, 2.05) is 0 Å². The van der Waals surface area contributed by atoms with E-state index in [-0.39, 0.29) is 5.92 Å². The molecule has 0 aromatic heterocycles. The second-order valence-electron chi connectivity index (χ2n) is 4.36. The molecule has 0 N–H and O–H groups in total. The summed E-state index contributed by atoms with van der Waals surface area (Å²) >= 11 is 6.11. The van der Waals surface area contributed by atoms with Crippen LogP contribution in [0.3, 0.4) is 0 Å². The quantitative estimate of drug-likeness (QED) is 0.587. The number of alkyl halides is 2. The minimum atomic E-state index is -3.00. The highest BCUT2D eigenvalue weighted by Crippen LogP contribution is 2.36. The highest BCUT2D eigenvalue weighted by Gasteiger charge is 2.23. The predicted molar refractivity (Wildman–Crippen MR) is 66.2 cm³/mol. The molecule has 0 bridgehead atoms. The van der Waals surface area contributed by atoms with E-state index in [0.29, 0.717) is 0 Å². The monoisotopic (exact) mass is 293 g/mol. The van der Waals surface area contributed by atoms with Crippen molar-refractivity contribution >= 4 is 19.2 Å². The van der Waals surface area contributed by atoms with E-state index in [0.717, 1.165) is 30.5 Å². The van der Waals surface area contributed by atoms with Crippen molar-refractivity contribution in [1.82, 2.24) is 0 Å². The lowest BCUT2D eigenvalue weighted by molar-refractivity contribution is -0.0522. The smallest absolute Gasteiger partial charge is 0.387 e. The average molecular weight is 294 g/mol. The molecule has 1 aliphatic rings. The number of rotatable bonds is 3. The van der Waals surface area contributed by atoms with E-state index in [9.17, 15) is 13.2 Å². The Morgan fingerprint density at radius 3 is 2.50 bits per heavy atom. The van der Waals surface area contributed by atoms with Crippen LogP contribution in [-0.4, -0.2) is 14.7 Å². The van der Waals surface area contributed by atoms with Crippen LogP contribution in [0.2, 0.25) is 12.1 Å². The van der Waals surface area contributed by atoms with Crippen molar-refractivity contribution in [2.45, 2.75) is 37.5 Å². The Morgan fingerprint density at radius 2 is 1.94 bits per heavy atom. The average Bonchev–Trinajstić information content (AvgIpc) is 2.32. The van der Waals surface area contributed by atoms with Gasteiger partial charge in [0.25, 0.3) is 0 Å². The lowest BCUT2D eigenvalue weighted by Crippen LogP contribution is -2.15. The fourth-order valence-electron chi connectivity index (χ4n) is 2.23. The Morgan fingerprint density at radius 1 is 1.28 bits per heavy atom. The summed E-state index contributed by atoms with van der Waals surface area (Å²) in [5.74, 6) is -0.839. The SMILES string of the molecule is Fc1cc(C2CC[Si](Cl)CC2)ccc1OC(F)F. The second kappa shape index (κ2) is 5.97. The molecular formula is C12H13ClF3OSi. The maximum Gasteiger partial charge on any atom is 0.387 e. The van der Waals surface area contributed by atoms with Crippen LogP contribution in [0.25, 0.3) is 0 Å². The molecule has 1 fully saturated rings. The molecule has 0 aliphatic carbocycles. The standard InChI is InChI=1S/C12H13ClF3OSi/c13-18-5-3-8(4-6-18)9-1-2-11(10(14)7-9)17-12(15)16/h1-2,7-8,12H,3-6H2. The molecule has 1 aromatic carbocycles. The van der Waals surface area contributed by atoms with Crippen molar-refractivity contribution < 1.29 is 17.9 Å².